The second-order valence-electron chi connectivity index (χ2n) is 4.06. The maximum atomic E-state index is 12.8. The van der Waals surface area contributed by atoms with E-state index in [4.69, 9.17) is 0 Å². The Morgan fingerprint density at radius 3 is 1.30 bits per heavy atom. The van der Waals surface area contributed by atoms with Crippen molar-refractivity contribution < 1.29 is 39.5 Å². The van der Waals surface area contributed by atoms with E-state index < -0.39 is 35.1 Å². The fraction of sp³-hybridized carbons (Fsp3) is 0.455. The number of hydrogen-bond acceptors (Lipinski definition) is 0. The average Bonchev–Trinajstić information content (AvgIpc) is 2.14. The van der Waals surface area contributed by atoms with Crippen LogP contribution in [0.3, 0.4) is 0 Å². The number of hydrogen-bond donors (Lipinski definition) is 0. The van der Waals surface area contributed by atoms with Crippen LogP contribution in [-0.2, 0) is 5.41 Å². The molecule has 0 nitrogen and oxygen atoms in total. The smallest absolute Gasteiger partial charge is 0.169 e. The second kappa shape index (κ2) is 4.56. The predicted octanol–water partition coefficient (Wildman–Crippen LogP) is 4.92. The summed E-state index contributed by atoms with van der Waals surface area (Å²) in [5.41, 5.74) is -8.52. The molecular weight excluding hydrogens is 303 g/mol. The molecule has 9 heteroatoms. The fourth-order valence-corrected chi connectivity index (χ4v) is 1.93. The van der Waals surface area contributed by atoms with Crippen molar-refractivity contribution in [1.29, 1.82) is 0 Å². The topological polar surface area (TPSA) is 0 Å². The van der Waals surface area contributed by atoms with Crippen LogP contribution in [0.15, 0.2) is 24.3 Å². The van der Waals surface area contributed by atoms with Crippen LogP contribution < -0.4 is 0 Å². The molecule has 0 saturated carbocycles. The van der Waals surface area contributed by atoms with Crippen LogP contribution in [0.25, 0.3) is 0 Å². The molecule has 0 amide bonds. The molecule has 0 saturated heterocycles. The van der Waals surface area contributed by atoms with Crippen LogP contribution >= 0.6 is 0 Å². The molecule has 1 aromatic rings. The lowest BCUT2D eigenvalue weighted by atomic mass is 9.76. The lowest BCUT2D eigenvalue weighted by Crippen LogP contribution is -2.63. The lowest BCUT2D eigenvalue weighted by Gasteiger charge is -2.39. The van der Waals surface area contributed by atoms with Crippen molar-refractivity contribution in [1.82, 2.24) is 0 Å². The maximum absolute atomic E-state index is 12.8. The van der Waals surface area contributed by atoms with Crippen molar-refractivity contribution in [3.63, 3.8) is 0 Å². The van der Waals surface area contributed by atoms with E-state index >= 15 is 0 Å². The highest BCUT2D eigenvalue weighted by Crippen LogP contribution is 2.60. The Morgan fingerprint density at radius 1 is 0.650 bits per heavy atom. The first-order chi connectivity index (χ1) is 8.77. The largest absolute Gasteiger partial charge is 0.416 e. The van der Waals surface area contributed by atoms with Gasteiger partial charge < -0.3 is 0 Å². The molecular formula is C11H7F9. The van der Waals surface area contributed by atoms with Crippen molar-refractivity contribution >= 4 is 0 Å². The van der Waals surface area contributed by atoms with Gasteiger partial charge >= 0.3 is 18.5 Å². The number of aryl methyl sites for hydroxylation is 1. The maximum Gasteiger partial charge on any atom is 0.416 e. The third kappa shape index (κ3) is 2.22. The summed E-state index contributed by atoms with van der Waals surface area (Å²) in [6.45, 7) is 0.757. The Kier molecular flexibility index (Phi) is 3.79. The average molecular weight is 310 g/mol. The van der Waals surface area contributed by atoms with Crippen LogP contribution in [0.1, 0.15) is 11.1 Å². The van der Waals surface area contributed by atoms with E-state index in [2.05, 4.69) is 0 Å². The van der Waals surface area contributed by atoms with Gasteiger partial charge in [0.15, 0.2) is 0 Å². The molecule has 1 rings (SSSR count). The van der Waals surface area contributed by atoms with E-state index in [0.29, 0.717) is 6.07 Å². The van der Waals surface area contributed by atoms with Crippen LogP contribution in [0.5, 0.6) is 0 Å². The molecule has 20 heavy (non-hydrogen) atoms. The third-order valence-electron chi connectivity index (χ3n) is 2.82. The summed E-state index contributed by atoms with van der Waals surface area (Å²) in [4.78, 5) is 0. The van der Waals surface area contributed by atoms with E-state index in [1.165, 1.54) is 0 Å². The molecule has 114 valence electrons. The molecule has 0 aliphatic heterocycles. The molecule has 0 aromatic heterocycles. The number of alkyl halides is 9. The van der Waals surface area contributed by atoms with Gasteiger partial charge in [0.25, 0.3) is 5.41 Å². The van der Waals surface area contributed by atoms with E-state index in [1.54, 1.807) is 0 Å². The van der Waals surface area contributed by atoms with Crippen molar-refractivity contribution in [2.45, 2.75) is 30.9 Å². The zero-order chi connectivity index (χ0) is 16.0. The molecule has 0 spiro atoms. The molecule has 0 heterocycles. The summed E-state index contributed by atoms with van der Waals surface area (Å²) in [5, 5.41) is 0. The highest BCUT2D eigenvalue weighted by atomic mass is 19.4. The van der Waals surface area contributed by atoms with E-state index in [9.17, 15) is 39.5 Å². The van der Waals surface area contributed by atoms with Crippen LogP contribution in [-0.4, -0.2) is 18.5 Å². The second-order valence-corrected chi connectivity index (χ2v) is 4.06. The molecule has 0 N–H and O–H groups in total. The first-order valence-electron chi connectivity index (χ1n) is 5.03. The Morgan fingerprint density at radius 2 is 1.00 bits per heavy atom. The van der Waals surface area contributed by atoms with Crippen molar-refractivity contribution in [2.75, 3.05) is 0 Å². The molecule has 0 bridgehead atoms. The SMILES string of the molecule is Cc1ccccc1C(C(F)(F)F)(C(F)(F)F)C(F)(F)F. The molecule has 0 unspecified atom stereocenters. The van der Waals surface area contributed by atoms with Gasteiger partial charge in [-0.3, -0.25) is 0 Å². The van der Waals surface area contributed by atoms with Gasteiger partial charge in [-0.25, -0.2) is 0 Å². The normalized spacial score (nSPS) is 14.5. The Balaban J connectivity index is 3.88. The van der Waals surface area contributed by atoms with Gasteiger partial charge in [-0.15, -0.1) is 0 Å². The van der Waals surface area contributed by atoms with Gasteiger partial charge in [0.05, 0.1) is 0 Å². The van der Waals surface area contributed by atoms with E-state index in [0.717, 1.165) is 19.1 Å². The molecule has 0 fully saturated rings. The first kappa shape index (κ1) is 16.6. The van der Waals surface area contributed by atoms with Gasteiger partial charge in [0.2, 0.25) is 0 Å². The zero-order valence-corrected chi connectivity index (χ0v) is 9.71. The molecule has 0 radical (unpaired) electrons. The summed E-state index contributed by atoms with van der Waals surface area (Å²) in [5.74, 6) is 0. The Labute approximate surface area is 107 Å². The third-order valence-corrected chi connectivity index (χ3v) is 2.82. The summed E-state index contributed by atoms with van der Waals surface area (Å²) in [7, 11) is 0. The van der Waals surface area contributed by atoms with Crippen LogP contribution in [0, 0.1) is 6.92 Å². The summed E-state index contributed by atoms with van der Waals surface area (Å²) < 4.78 is 115. The summed E-state index contributed by atoms with van der Waals surface area (Å²) in [6.07, 6.45) is -19.7. The quantitative estimate of drug-likeness (QED) is 0.646. The Hall–Kier alpha value is -1.41. The minimum absolute atomic E-state index is 0.184. The molecule has 1 aromatic carbocycles. The standard InChI is InChI=1S/C11H7F9/c1-6-4-2-3-5-7(6)8(9(12,13)14,10(15,16)17)11(18,19)20/h2-5H,1H3. The highest BCUT2D eigenvalue weighted by Gasteiger charge is 2.84. The molecule has 0 atom stereocenters. The van der Waals surface area contributed by atoms with E-state index in [-0.39, 0.29) is 6.07 Å². The minimum Gasteiger partial charge on any atom is -0.169 e. The monoisotopic (exact) mass is 310 g/mol. The summed E-state index contributed by atoms with van der Waals surface area (Å²) in [6, 6.07) is 2.68. The van der Waals surface area contributed by atoms with Crippen LogP contribution in [0.2, 0.25) is 0 Å². The van der Waals surface area contributed by atoms with Gasteiger partial charge in [-0.1, -0.05) is 24.3 Å². The Bertz CT molecular complexity index is 442. The van der Waals surface area contributed by atoms with Crippen molar-refractivity contribution in [3.8, 4) is 0 Å². The summed E-state index contributed by atoms with van der Waals surface area (Å²) >= 11 is 0. The van der Waals surface area contributed by atoms with Crippen LogP contribution in [0.4, 0.5) is 39.5 Å². The van der Waals surface area contributed by atoms with Gasteiger partial charge in [-0.05, 0) is 18.1 Å². The van der Waals surface area contributed by atoms with E-state index in [1.807, 2.05) is 0 Å². The number of halogens is 9. The molecule has 0 aliphatic rings. The minimum atomic E-state index is -6.57. The van der Waals surface area contributed by atoms with Crippen molar-refractivity contribution in [2.24, 2.45) is 0 Å². The number of rotatable bonds is 1. The number of benzene rings is 1. The first-order valence-corrected chi connectivity index (χ1v) is 5.03. The zero-order valence-electron chi connectivity index (χ0n) is 9.71. The van der Waals surface area contributed by atoms with Gasteiger partial charge in [0.1, 0.15) is 0 Å². The van der Waals surface area contributed by atoms with Gasteiger partial charge in [-0.2, -0.15) is 39.5 Å². The lowest BCUT2D eigenvalue weighted by molar-refractivity contribution is -0.387. The predicted molar refractivity (Wildman–Crippen MR) is 51.0 cm³/mol. The fourth-order valence-electron chi connectivity index (χ4n) is 1.93. The van der Waals surface area contributed by atoms with Crippen molar-refractivity contribution in [3.05, 3.63) is 35.4 Å². The molecule has 0 aliphatic carbocycles. The highest BCUT2D eigenvalue weighted by molar-refractivity contribution is 5.39. The van der Waals surface area contributed by atoms with Gasteiger partial charge in [0, 0.05) is 0 Å².